The molecule has 1 aromatic rings. The molecule has 1 aliphatic heterocycles. The predicted octanol–water partition coefficient (Wildman–Crippen LogP) is 1.75. The van der Waals surface area contributed by atoms with Gasteiger partial charge in [0, 0.05) is 19.1 Å². The smallest absolute Gasteiger partial charge is 0.0628 e. The number of rotatable bonds is 4. The molecule has 1 aliphatic rings. The van der Waals surface area contributed by atoms with Crippen molar-refractivity contribution in [3.8, 4) is 0 Å². The van der Waals surface area contributed by atoms with Gasteiger partial charge in [-0.1, -0.05) is 30.3 Å². The molecule has 3 heteroatoms. The van der Waals surface area contributed by atoms with Crippen LogP contribution in [0, 0.1) is 0 Å². The van der Waals surface area contributed by atoms with Crippen molar-refractivity contribution in [2.75, 3.05) is 33.8 Å². The van der Waals surface area contributed by atoms with Gasteiger partial charge in [-0.2, -0.15) is 0 Å². The van der Waals surface area contributed by atoms with Crippen LogP contribution in [0.2, 0.25) is 0 Å². The number of hydrogen-bond donors (Lipinski definition) is 1. The highest BCUT2D eigenvalue weighted by atomic mass is 16.3. The molecule has 18 heavy (non-hydrogen) atoms. The lowest BCUT2D eigenvalue weighted by molar-refractivity contribution is 0.0742. The fourth-order valence-electron chi connectivity index (χ4n) is 2.82. The molecule has 1 N–H and O–H groups in total. The molecular weight excluding hydrogens is 224 g/mol. The van der Waals surface area contributed by atoms with E-state index in [1.165, 1.54) is 18.4 Å². The highest BCUT2D eigenvalue weighted by Gasteiger charge is 2.26. The third kappa shape index (κ3) is 3.10. The average molecular weight is 248 g/mol. The van der Waals surface area contributed by atoms with Crippen molar-refractivity contribution in [2.24, 2.45) is 0 Å². The van der Waals surface area contributed by atoms with Crippen LogP contribution in [-0.4, -0.2) is 54.7 Å². The SMILES string of the molecule is CN(C)C1CCN(C(CO)c2ccccc2)CC1. The van der Waals surface area contributed by atoms with Crippen LogP contribution in [0.25, 0.3) is 0 Å². The first-order valence-corrected chi connectivity index (χ1v) is 6.78. The summed E-state index contributed by atoms with van der Waals surface area (Å²) in [4.78, 5) is 4.73. The molecule has 0 saturated carbocycles. The maximum atomic E-state index is 9.65. The molecular formula is C15H24N2O. The van der Waals surface area contributed by atoms with E-state index in [0.29, 0.717) is 6.04 Å². The average Bonchev–Trinajstić information content (AvgIpc) is 2.41. The molecule has 0 radical (unpaired) electrons. The fraction of sp³-hybridized carbons (Fsp3) is 0.600. The topological polar surface area (TPSA) is 26.7 Å². The largest absolute Gasteiger partial charge is 0.394 e. The van der Waals surface area contributed by atoms with Crippen molar-refractivity contribution in [3.05, 3.63) is 35.9 Å². The van der Waals surface area contributed by atoms with Crippen LogP contribution >= 0.6 is 0 Å². The zero-order chi connectivity index (χ0) is 13.0. The van der Waals surface area contributed by atoms with Crippen molar-refractivity contribution < 1.29 is 5.11 Å². The molecule has 1 atom stereocenters. The minimum atomic E-state index is 0.161. The van der Waals surface area contributed by atoms with Gasteiger partial charge in [0.15, 0.2) is 0 Å². The summed E-state index contributed by atoms with van der Waals surface area (Å²) in [7, 11) is 4.31. The molecule has 0 aliphatic carbocycles. The van der Waals surface area contributed by atoms with E-state index in [2.05, 4.69) is 36.0 Å². The van der Waals surface area contributed by atoms with Crippen LogP contribution < -0.4 is 0 Å². The van der Waals surface area contributed by atoms with Gasteiger partial charge in [-0.25, -0.2) is 0 Å². The second-order valence-electron chi connectivity index (χ2n) is 5.34. The number of aliphatic hydroxyl groups excluding tert-OH is 1. The summed E-state index contributed by atoms with van der Waals surface area (Å²) in [5.41, 5.74) is 1.23. The van der Waals surface area contributed by atoms with Crippen molar-refractivity contribution in [2.45, 2.75) is 24.9 Å². The van der Waals surface area contributed by atoms with E-state index in [1.54, 1.807) is 0 Å². The van der Waals surface area contributed by atoms with Crippen molar-refractivity contribution >= 4 is 0 Å². The molecule has 3 nitrogen and oxygen atoms in total. The standard InChI is InChI=1S/C15H24N2O/c1-16(2)14-8-10-17(11-9-14)15(12-18)13-6-4-3-5-7-13/h3-7,14-15,18H,8-12H2,1-2H3. The lowest BCUT2D eigenvalue weighted by Crippen LogP contribution is -2.44. The Hall–Kier alpha value is -0.900. The number of nitrogens with zero attached hydrogens (tertiary/aromatic N) is 2. The van der Waals surface area contributed by atoms with Gasteiger partial charge in [-0.3, -0.25) is 4.90 Å². The summed E-state index contributed by atoms with van der Waals surface area (Å²) in [5.74, 6) is 0. The summed E-state index contributed by atoms with van der Waals surface area (Å²) in [6.45, 7) is 2.35. The van der Waals surface area contributed by atoms with Gasteiger partial charge in [0.05, 0.1) is 12.6 Å². The second kappa shape index (κ2) is 6.32. The Morgan fingerprint density at radius 3 is 2.33 bits per heavy atom. The summed E-state index contributed by atoms with van der Waals surface area (Å²) in [6, 6.07) is 11.2. The number of benzene rings is 1. The lowest BCUT2D eigenvalue weighted by atomic mass is 9.99. The van der Waals surface area contributed by atoms with Gasteiger partial charge in [-0.15, -0.1) is 0 Å². The van der Waals surface area contributed by atoms with Crippen molar-refractivity contribution in [3.63, 3.8) is 0 Å². The molecule has 100 valence electrons. The fourth-order valence-corrected chi connectivity index (χ4v) is 2.82. The van der Waals surface area contributed by atoms with Crippen LogP contribution in [0.15, 0.2) is 30.3 Å². The van der Waals surface area contributed by atoms with E-state index in [9.17, 15) is 5.11 Å². The Balaban J connectivity index is 1.99. The molecule has 0 aromatic heterocycles. The van der Waals surface area contributed by atoms with Crippen LogP contribution in [0.3, 0.4) is 0 Å². The zero-order valence-corrected chi connectivity index (χ0v) is 11.4. The number of hydrogen-bond acceptors (Lipinski definition) is 3. The van der Waals surface area contributed by atoms with Gasteiger partial charge < -0.3 is 10.0 Å². The maximum Gasteiger partial charge on any atom is 0.0628 e. The highest BCUT2D eigenvalue weighted by Crippen LogP contribution is 2.25. The molecule has 0 bridgehead atoms. The minimum Gasteiger partial charge on any atom is -0.394 e. The Bertz CT molecular complexity index is 345. The molecule has 0 amide bonds. The van der Waals surface area contributed by atoms with Crippen LogP contribution in [0.4, 0.5) is 0 Å². The molecule has 1 unspecified atom stereocenters. The predicted molar refractivity (Wildman–Crippen MR) is 74.6 cm³/mol. The van der Waals surface area contributed by atoms with E-state index < -0.39 is 0 Å². The van der Waals surface area contributed by atoms with Gasteiger partial charge in [0.25, 0.3) is 0 Å². The molecule has 1 aromatic carbocycles. The van der Waals surface area contributed by atoms with Gasteiger partial charge in [0.2, 0.25) is 0 Å². The van der Waals surface area contributed by atoms with E-state index in [-0.39, 0.29) is 12.6 Å². The van der Waals surface area contributed by atoms with Crippen molar-refractivity contribution in [1.29, 1.82) is 0 Å². The number of likely N-dealkylation sites (tertiary alicyclic amines) is 1. The minimum absolute atomic E-state index is 0.161. The van der Waals surface area contributed by atoms with Crippen LogP contribution in [0.5, 0.6) is 0 Å². The summed E-state index contributed by atoms with van der Waals surface area (Å²) in [6.07, 6.45) is 2.38. The molecule has 1 saturated heterocycles. The molecule has 0 spiro atoms. The van der Waals surface area contributed by atoms with Crippen molar-refractivity contribution in [1.82, 2.24) is 9.80 Å². The van der Waals surface area contributed by atoms with Gasteiger partial charge in [-0.05, 0) is 32.5 Å². The molecule has 2 rings (SSSR count). The Morgan fingerprint density at radius 2 is 1.83 bits per heavy atom. The Labute approximate surface area is 110 Å². The monoisotopic (exact) mass is 248 g/mol. The van der Waals surface area contributed by atoms with E-state index in [1.807, 2.05) is 18.2 Å². The van der Waals surface area contributed by atoms with E-state index in [0.717, 1.165) is 13.1 Å². The lowest BCUT2D eigenvalue weighted by Gasteiger charge is -2.39. The summed E-state index contributed by atoms with van der Waals surface area (Å²) < 4.78 is 0. The van der Waals surface area contributed by atoms with E-state index >= 15 is 0 Å². The summed E-state index contributed by atoms with van der Waals surface area (Å²) in [5, 5.41) is 9.65. The first-order chi connectivity index (χ1) is 8.72. The Kier molecular flexibility index (Phi) is 4.75. The first kappa shape index (κ1) is 13.5. The Morgan fingerprint density at radius 1 is 1.22 bits per heavy atom. The highest BCUT2D eigenvalue weighted by molar-refractivity contribution is 5.19. The molecule has 1 heterocycles. The normalized spacial score (nSPS) is 20.2. The third-order valence-electron chi connectivity index (χ3n) is 4.03. The van der Waals surface area contributed by atoms with Crippen LogP contribution in [0.1, 0.15) is 24.4 Å². The van der Waals surface area contributed by atoms with Gasteiger partial charge in [0.1, 0.15) is 0 Å². The van der Waals surface area contributed by atoms with Crippen LogP contribution in [-0.2, 0) is 0 Å². The number of aliphatic hydroxyl groups is 1. The maximum absolute atomic E-state index is 9.65. The second-order valence-corrected chi connectivity index (χ2v) is 5.34. The molecule has 1 fully saturated rings. The summed E-state index contributed by atoms with van der Waals surface area (Å²) >= 11 is 0. The van der Waals surface area contributed by atoms with Gasteiger partial charge >= 0.3 is 0 Å². The van der Waals surface area contributed by atoms with E-state index in [4.69, 9.17) is 0 Å². The third-order valence-corrected chi connectivity index (χ3v) is 4.03. The zero-order valence-electron chi connectivity index (χ0n) is 11.4. The number of piperidine rings is 1. The first-order valence-electron chi connectivity index (χ1n) is 6.78. The quantitative estimate of drug-likeness (QED) is 0.879.